The van der Waals surface area contributed by atoms with Crippen LogP contribution in [0.2, 0.25) is 0 Å². The van der Waals surface area contributed by atoms with Gasteiger partial charge in [-0.15, -0.1) is 0 Å². The van der Waals surface area contributed by atoms with E-state index in [2.05, 4.69) is 5.32 Å². The maximum Gasteiger partial charge on any atom is 0.223 e. The molecule has 1 unspecified atom stereocenters. The van der Waals surface area contributed by atoms with E-state index < -0.39 is 17.6 Å². The van der Waals surface area contributed by atoms with E-state index in [0.717, 1.165) is 5.56 Å². The van der Waals surface area contributed by atoms with Crippen molar-refractivity contribution in [2.75, 3.05) is 6.61 Å². The van der Waals surface area contributed by atoms with Crippen molar-refractivity contribution >= 4 is 5.91 Å². The molecule has 0 radical (unpaired) electrons. The first kappa shape index (κ1) is 16.4. The molecule has 0 bridgehead atoms. The number of rotatable bonds is 6. The first-order chi connectivity index (χ1) is 9.20. The minimum Gasteiger partial charge on any atom is -0.489 e. The Hall–Kier alpha value is -1.62. The molecule has 0 fully saturated rings. The van der Waals surface area contributed by atoms with Crippen LogP contribution in [0.4, 0.5) is 4.39 Å². The first-order valence-corrected chi connectivity index (χ1v) is 6.65. The van der Waals surface area contributed by atoms with Crippen LogP contribution in [0, 0.1) is 11.7 Å². The zero-order valence-electron chi connectivity index (χ0n) is 12.5. The monoisotopic (exact) mass is 282 g/mol. The van der Waals surface area contributed by atoms with Crippen LogP contribution in [0.3, 0.4) is 0 Å². The molecule has 1 aromatic carbocycles. The van der Waals surface area contributed by atoms with Gasteiger partial charge < -0.3 is 15.8 Å². The van der Waals surface area contributed by atoms with E-state index in [1.165, 1.54) is 6.07 Å². The fraction of sp³-hybridized carbons (Fsp3) is 0.533. The number of para-hydroxylation sites is 1. The Labute approximate surface area is 119 Å². The molecule has 5 heteroatoms. The van der Waals surface area contributed by atoms with Crippen molar-refractivity contribution in [2.24, 2.45) is 11.7 Å². The number of primary amides is 1. The quantitative estimate of drug-likeness (QED) is 0.841. The molecule has 0 spiro atoms. The summed E-state index contributed by atoms with van der Waals surface area (Å²) in [5.41, 5.74) is 5.81. The van der Waals surface area contributed by atoms with Gasteiger partial charge in [0.1, 0.15) is 0 Å². The molecule has 0 heterocycles. The largest absolute Gasteiger partial charge is 0.489 e. The molecule has 0 aliphatic rings. The molecule has 1 amide bonds. The van der Waals surface area contributed by atoms with Gasteiger partial charge in [0.05, 0.1) is 12.5 Å². The van der Waals surface area contributed by atoms with Crippen LogP contribution in [0.25, 0.3) is 0 Å². The maximum absolute atomic E-state index is 13.9. The predicted octanol–water partition coefficient (Wildman–Crippen LogP) is 2.21. The van der Waals surface area contributed by atoms with Crippen molar-refractivity contribution in [3.05, 3.63) is 29.6 Å². The summed E-state index contributed by atoms with van der Waals surface area (Å²) < 4.78 is 19.3. The fourth-order valence-corrected chi connectivity index (χ4v) is 1.51. The molecule has 4 nitrogen and oxygen atoms in total. The Kier molecular flexibility index (Phi) is 5.51. The van der Waals surface area contributed by atoms with Gasteiger partial charge in [0.15, 0.2) is 11.6 Å². The van der Waals surface area contributed by atoms with Gasteiger partial charge in [0, 0.05) is 17.6 Å². The minimum atomic E-state index is -0.462. The highest BCUT2D eigenvalue weighted by atomic mass is 19.1. The van der Waals surface area contributed by atoms with Gasteiger partial charge in [-0.05, 0) is 26.8 Å². The second kappa shape index (κ2) is 6.70. The Balaban J connectivity index is 2.80. The molecule has 0 aliphatic heterocycles. The molecule has 0 saturated heterocycles. The number of carbonyl (C=O) groups excluding carboxylic acids is 1. The van der Waals surface area contributed by atoms with Crippen LogP contribution < -0.4 is 15.8 Å². The third kappa shape index (κ3) is 5.17. The Morgan fingerprint density at radius 2 is 2.10 bits per heavy atom. The van der Waals surface area contributed by atoms with Crippen LogP contribution in [0.1, 0.15) is 33.3 Å². The maximum atomic E-state index is 13.9. The van der Waals surface area contributed by atoms with E-state index in [1.807, 2.05) is 20.8 Å². The second-order valence-corrected chi connectivity index (χ2v) is 5.95. The van der Waals surface area contributed by atoms with Gasteiger partial charge >= 0.3 is 0 Å². The summed E-state index contributed by atoms with van der Waals surface area (Å²) in [7, 11) is 0. The molecule has 112 valence electrons. The van der Waals surface area contributed by atoms with E-state index in [-0.39, 0.29) is 17.9 Å². The number of hydrogen-bond donors (Lipinski definition) is 2. The normalized spacial score (nSPS) is 13.1. The van der Waals surface area contributed by atoms with Gasteiger partial charge in [-0.25, -0.2) is 4.39 Å². The van der Waals surface area contributed by atoms with Crippen molar-refractivity contribution in [3.8, 4) is 5.75 Å². The van der Waals surface area contributed by atoms with E-state index in [0.29, 0.717) is 6.54 Å². The summed E-state index contributed by atoms with van der Waals surface area (Å²) in [5.74, 6) is -1.18. The van der Waals surface area contributed by atoms with Crippen molar-refractivity contribution in [3.63, 3.8) is 0 Å². The van der Waals surface area contributed by atoms with Gasteiger partial charge in [0.25, 0.3) is 0 Å². The highest BCUT2D eigenvalue weighted by Gasteiger charge is 2.16. The molecule has 3 N–H and O–H groups in total. The summed E-state index contributed by atoms with van der Waals surface area (Å²) in [6.07, 6.45) is 0. The third-order valence-electron chi connectivity index (χ3n) is 2.82. The first-order valence-electron chi connectivity index (χ1n) is 6.65. The van der Waals surface area contributed by atoms with Crippen LogP contribution >= 0.6 is 0 Å². The number of nitrogens with one attached hydrogen (secondary N) is 1. The molecular formula is C15H23FN2O2. The molecule has 1 aromatic rings. The van der Waals surface area contributed by atoms with Crippen LogP contribution in [0.5, 0.6) is 5.75 Å². The number of hydrogen-bond acceptors (Lipinski definition) is 3. The van der Waals surface area contributed by atoms with Crippen molar-refractivity contribution in [1.29, 1.82) is 0 Å². The number of benzene rings is 1. The lowest BCUT2D eigenvalue weighted by atomic mass is 10.1. The van der Waals surface area contributed by atoms with Crippen LogP contribution in [-0.2, 0) is 11.3 Å². The van der Waals surface area contributed by atoms with Gasteiger partial charge in [-0.3, -0.25) is 4.79 Å². The second-order valence-electron chi connectivity index (χ2n) is 5.95. The van der Waals surface area contributed by atoms with Crippen LogP contribution in [-0.4, -0.2) is 18.1 Å². The molecule has 0 saturated carbocycles. The molecule has 0 aromatic heterocycles. The minimum absolute atomic E-state index is 0.0682. The van der Waals surface area contributed by atoms with E-state index in [4.69, 9.17) is 10.5 Å². The Morgan fingerprint density at radius 3 is 2.65 bits per heavy atom. The number of carbonyl (C=O) groups is 1. The number of nitrogens with two attached hydrogens (primary N) is 1. The summed E-state index contributed by atoms with van der Waals surface area (Å²) in [6.45, 7) is 8.29. The number of ether oxygens (including phenoxy) is 1. The van der Waals surface area contributed by atoms with Crippen molar-refractivity contribution < 1.29 is 13.9 Å². The van der Waals surface area contributed by atoms with Crippen molar-refractivity contribution in [1.82, 2.24) is 5.32 Å². The average Bonchev–Trinajstić information content (AvgIpc) is 2.33. The summed E-state index contributed by atoms with van der Waals surface area (Å²) in [4.78, 5) is 11.0. The molecular weight excluding hydrogens is 259 g/mol. The lowest BCUT2D eigenvalue weighted by Gasteiger charge is -2.22. The standard InChI is InChI=1S/C15H23FN2O2/c1-10(14(17)19)9-20-13-11(6-5-7-12(13)16)8-18-15(2,3)4/h5-7,10,18H,8-9H2,1-4H3,(H2,17,19). The van der Waals surface area contributed by atoms with E-state index in [9.17, 15) is 9.18 Å². The third-order valence-corrected chi connectivity index (χ3v) is 2.82. The topological polar surface area (TPSA) is 64.3 Å². The fourth-order valence-electron chi connectivity index (χ4n) is 1.51. The molecule has 1 rings (SSSR count). The van der Waals surface area contributed by atoms with Crippen LogP contribution in [0.15, 0.2) is 18.2 Å². The summed E-state index contributed by atoms with van der Waals surface area (Å²) in [6, 6.07) is 4.77. The summed E-state index contributed by atoms with van der Waals surface area (Å²) >= 11 is 0. The van der Waals surface area contributed by atoms with Gasteiger partial charge in [-0.2, -0.15) is 0 Å². The number of halogens is 1. The number of amides is 1. The Bertz CT molecular complexity index is 469. The van der Waals surface area contributed by atoms with E-state index >= 15 is 0 Å². The van der Waals surface area contributed by atoms with E-state index in [1.54, 1.807) is 19.1 Å². The van der Waals surface area contributed by atoms with Gasteiger partial charge in [-0.1, -0.05) is 19.1 Å². The SMILES string of the molecule is CC(COc1c(F)cccc1CNC(C)(C)C)C(N)=O. The molecule has 0 aliphatic carbocycles. The molecule has 20 heavy (non-hydrogen) atoms. The summed E-state index contributed by atoms with van der Waals surface area (Å²) in [5, 5.41) is 3.28. The predicted molar refractivity (Wildman–Crippen MR) is 76.8 cm³/mol. The molecule has 1 atom stereocenters. The average molecular weight is 282 g/mol. The smallest absolute Gasteiger partial charge is 0.223 e. The highest BCUT2D eigenvalue weighted by molar-refractivity contribution is 5.76. The lowest BCUT2D eigenvalue weighted by molar-refractivity contribution is -0.122. The van der Waals surface area contributed by atoms with Gasteiger partial charge in [0.2, 0.25) is 5.91 Å². The van der Waals surface area contributed by atoms with Crippen molar-refractivity contribution in [2.45, 2.75) is 39.8 Å². The zero-order chi connectivity index (χ0) is 15.3. The zero-order valence-corrected chi connectivity index (χ0v) is 12.5. The lowest BCUT2D eigenvalue weighted by Crippen LogP contribution is -2.35. The highest BCUT2D eigenvalue weighted by Crippen LogP contribution is 2.23. The Morgan fingerprint density at radius 1 is 1.45 bits per heavy atom.